The molecule has 0 N–H and O–H groups in total. The first-order chi connectivity index (χ1) is 7.24. The van der Waals surface area contributed by atoms with Crippen LogP contribution < -0.4 is 4.74 Å². The monoisotopic (exact) mass is 200 g/mol. The molecule has 0 saturated heterocycles. The van der Waals surface area contributed by atoms with Gasteiger partial charge in [0.2, 0.25) is 11.8 Å². The molecule has 0 saturated carbocycles. The summed E-state index contributed by atoms with van der Waals surface area (Å²) >= 11 is 0. The van der Waals surface area contributed by atoms with Crippen LogP contribution in [0.1, 0.15) is 11.1 Å². The molecular formula is C12H12N2O. The number of pyridine rings is 2. The summed E-state index contributed by atoms with van der Waals surface area (Å²) < 4.78 is 5.47. The molecule has 2 heterocycles. The van der Waals surface area contributed by atoms with E-state index < -0.39 is 0 Å². The molecule has 0 unspecified atom stereocenters. The van der Waals surface area contributed by atoms with Crippen LogP contribution >= 0.6 is 0 Å². The topological polar surface area (TPSA) is 35.0 Å². The smallest absolute Gasteiger partial charge is 0.221 e. The highest BCUT2D eigenvalue weighted by molar-refractivity contribution is 5.23. The Bertz CT molecular complexity index is 391. The maximum absolute atomic E-state index is 5.47. The Morgan fingerprint density at radius 3 is 1.60 bits per heavy atom. The summed E-state index contributed by atoms with van der Waals surface area (Å²) in [6.07, 6.45) is 3.53. The van der Waals surface area contributed by atoms with Crippen LogP contribution in [0.5, 0.6) is 11.8 Å². The van der Waals surface area contributed by atoms with E-state index in [9.17, 15) is 0 Å². The normalized spacial score (nSPS) is 10.0. The molecule has 2 rings (SSSR count). The van der Waals surface area contributed by atoms with Crippen molar-refractivity contribution in [2.75, 3.05) is 0 Å². The van der Waals surface area contributed by atoms with Crippen molar-refractivity contribution in [1.29, 1.82) is 0 Å². The SMILES string of the molecule is Cc1ccc(Oc2ccc(C)cn2)nc1. The fourth-order valence-corrected chi connectivity index (χ4v) is 1.14. The van der Waals surface area contributed by atoms with Crippen molar-refractivity contribution in [2.45, 2.75) is 13.8 Å². The first-order valence-electron chi connectivity index (χ1n) is 4.77. The third kappa shape index (κ3) is 2.53. The van der Waals surface area contributed by atoms with Gasteiger partial charge in [0, 0.05) is 24.5 Å². The van der Waals surface area contributed by atoms with E-state index in [2.05, 4.69) is 9.97 Å². The summed E-state index contributed by atoms with van der Waals surface area (Å²) in [6.45, 7) is 3.97. The molecule has 0 fully saturated rings. The summed E-state index contributed by atoms with van der Waals surface area (Å²) in [5.41, 5.74) is 2.22. The Balaban J connectivity index is 2.15. The highest BCUT2D eigenvalue weighted by atomic mass is 16.5. The van der Waals surface area contributed by atoms with Gasteiger partial charge in [-0.2, -0.15) is 0 Å². The van der Waals surface area contributed by atoms with Gasteiger partial charge in [-0.3, -0.25) is 0 Å². The minimum atomic E-state index is 0.567. The molecule has 0 aliphatic carbocycles. The molecule has 3 nitrogen and oxygen atoms in total. The molecule has 76 valence electrons. The summed E-state index contributed by atoms with van der Waals surface area (Å²) in [7, 11) is 0. The molecule has 3 heteroatoms. The number of aromatic nitrogens is 2. The Kier molecular flexibility index (Phi) is 2.63. The number of ether oxygens (including phenoxy) is 1. The Morgan fingerprint density at radius 2 is 1.27 bits per heavy atom. The predicted molar refractivity (Wildman–Crippen MR) is 58.0 cm³/mol. The lowest BCUT2D eigenvalue weighted by molar-refractivity contribution is 0.444. The van der Waals surface area contributed by atoms with Gasteiger partial charge in [0.15, 0.2) is 0 Å². The fourth-order valence-electron chi connectivity index (χ4n) is 1.14. The summed E-state index contributed by atoms with van der Waals surface area (Å²) in [5, 5.41) is 0. The van der Waals surface area contributed by atoms with Crippen LogP contribution in [0.3, 0.4) is 0 Å². The van der Waals surface area contributed by atoms with E-state index in [4.69, 9.17) is 4.74 Å². The van der Waals surface area contributed by atoms with Gasteiger partial charge in [0.1, 0.15) is 0 Å². The van der Waals surface area contributed by atoms with Crippen molar-refractivity contribution in [2.24, 2.45) is 0 Å². The van der Waals surface area contributed by atoms with Crippen LogP contribution in [0.4, 0.5) is 0 Å². The van der Waals surface area contributed by atoms with Gasteiger partial charge in [0.25, 0.3) is 0 Å². The Morgan fingerprint density at radius 1 is 0.800 bits per heavy atom. The lowest BCUT2D eigenvalue weighted by Crippen LogP contribution is -1.90. The zero-order valence-electron chi connectivity index (χ0n) is 8.77. The van der Waals surface area contributed by atoms with Gasteiger partial charge in [-0.1, -0.05) is 12.1 Å². The highest BCUT2D eigenvalue weighted by Gasteiger charge is 1.98. The van der Waals surface area contributed by atoms with Crippen molar-refractivity contribution in [3.63, 3.8) is 0 Å². The van der Waals surface area contributed by atoms with E-state index in [-0.39, 0.29) is 0 Å². The van der Waals surface area contributed by atoms with Crippen LogP contribution in [-0.2, 0) is 0 Å². The summed E-state index contributed by atoms with van der Waals surface area (Å²) in [5.74, 6) is 1.13. The quantitative estimate of drug-likeness (QED) is 0.747. The third-order valence-corrected chi connectivity index (χ3v) is 1.98. The standard InChI is InChI=1S/C12H12N2O/c1-9-3-5-11(13-7-9)15-12-6-4-10(2)8-14-12/h3-8H,1-2H3. The van der Waals surface area contributed by atoms with Gasteiger partial charge in [-0.05, 0) is 25.0 Å². The molecule has 2 aromatic rings. The van der Waals surface area contributed by atoms with Gasteiger partial charge < -0.3 is 4.74 Å². The van der Waals surface area contributed by atoms with Gasteiger partial charge in [-0.15, -0.1) is 0 Å². The van der Waals surface area contributed by atoms with Crippen LogP contribution in [0.25, 0.3) is 0 Å². The van der Waals surface area contributed by atoms with Crippen molar-refractivity contribution in [1.82, 2.24) is 9.97 Å². The first-order valence-corrected chi connectivity index (χ1v) is 4.77. The molecule has 15 heavy (non-hydrogen) atoms. The van der Waals surface area contributed by atoms with Crippen LogP contribution in [-0.4, -0.2) is 9.97 Å². The minimum Gasteiger partial charge on any atom is -0.421 e. The van der Waals surface area contributed by atoms with Crippen LogP contribution in [0, 0.1) is 13.8 Å². The van der Waals surface area contributed by atoms with Crippen molar-refractivity contribution >= 4 is 0 Å². The maximum Gasteiger partial charge on any atom is 0.221 e. The van der Waals surface area contributed by atoms with Crippen molar-refractivity contribution < 1.29 is 4.74 Å². The molecule has 0 aromatic carbocycles. The minimum absolute atomic E-state index is 0.567. The number of nitrogens with zero attached hydrogens (tertiary/aromatic N) is 2. The second kappa shape index (κ2) is 4.09. The second-order valence-electron chi connectivity index (χ2n) is 3.45. The second-order valence-corrected chi connectivity index (χ2v) is 3.45. The average molecular weight is 200 g/mol. The largest absolute Gasteiger partial charge is 0.421 e. The van der Waals surface area contributed by atoms with E-state index in [1.165, 1.54) is 0 Å². The van der Waals surface area contributed by atoms with Gasteiger partial charge >= 0.3 is 0 Å². The first kappa shape index (κ1) is 9.65. The molecule has 0 amide bonds. The van der Waals surface area contributed by atoms with Crippen molar-refractivity contribution in [3.8, 4) is 11.8 Å². The summed E-state index contributed by atoms with van der Waals surface area (Å²) in [6, 6.07) is 7.57. The zero-order valence-corrected chi connectivity index (χ0v) is 8.77. The van der Waals surface area contributed by atoms with Gasteiger partial charge in [0.05, 0.1) is 0 Å². The number of hydrogen-bond acceptors (Lipinski definition) is 3. The molecular weight excluding hydrogens is 188 g/mol. The fraction of sp³-hybridized carbons (Fsp3) is 0.167. The average Bonchev–Trinajstić information content (AvgIpc) is 2.25. The Hall–Kier alpha value is -1.90. The maximum atomic E-state index is 5.47. The zero-order chi connectivity index (χ0) is 10.7. The lowest BCUT2D eigenvalue weighted by atomic mass is 10.3. The molecule has 0 spiro atoms. The van der Waals surface area contributed by atoms with E-state index in [0.717, 1.165) is 11.1 Å². The van der Waals surface area contributed by atoms with Gasteiger partial charge in [-0.25, -0.2) is 9.97 Å². The summed E-state index contributed by atoms with van der Waals surface area (Å²) in [4.78, 5) is 8.27. The van der Waals surface area contributed by atoms with E-state index >= 15 is 0 Å². The lowest BCUT2D eigenvalue weighted by Gasteiger charge is -2.03. The number of rotatable bonds is 2. The third-order valence-electron chi connectivity index (χ3n) is 1.98. The predicted octanol–water partition coefficient (Wildman–Crippen LogP) is 2.89. The molecule has 0 aliphatic heterocycles. The molecule has 0 aliphatic rings. The molecule has 2 aromatic heterocycles. The highest BCUT2D eigenvalue weighted by Crippen LogP contribution is 2.16. The molecule has 0 radical (unpaired) electrons. The Labute approximate surface area is 88.8 Å². The number of hydrogen-bond donors (Lipinski definition) is 0. The van der Waals surface area contributed by atoms with E-state index in [1.807, 2.05) is 38.1 Å². The van der Waals surface area contributed by atoms with E-state index in [1.54, 1.807) is 12.4 Å². The van der Waals surface area contributed by atoms with E-state index in [0.29, 0.717) is 11.8 Å². The van der Waals surface area contributed by atoms with Crippen LogP contribution in [0.15, 0.2) is 36.7 Å². The number of aryl methyl sites for hydroxylation is 2. The van der Waals surface area contributed by atoms with Crippen LogP contribution in [0.2, 0.25) is 0 Å². The molecule has 0 bridgehead atoms. The van der Waals surface area contributed by atoms with Crippen molar-refractivity contribution in [3.05, 3.63) is 47.8 Å². The molecule has 0 atom stereocenters.